The number of benzene rings is 1. The monoisotopic (exact) mass is 567 g/mol. The summed E-state index contributed by atoms with van der Waals surface area (Å²) in [6, 6.07) is 3.28. The van der Waals surface area contributed by atoms with Crippen molar-refractivity contribution in [1.29, 1.82) is 0 Å². The predicted octanol–water partition coefficient (Wildman–Crippen LogP) is 10.4. The minimum Gasteiger partial charge on any atom is -0.494 e. The Morgan fingerprint density at radius 2 is 1.39 bits per heavy atom. The highest BCUT2D eigenvalue weighted by atomic mass is 79.9. The zero-order valence-corrected chi connectivity index (χ0v) is 24.8. The minimum absolute atomic E-state index is 0.160. The molecule has 36 heavy (non-hydrogen) atoms. The molecule has 6 heteroatoms. The Morgan fingerprint density at radius 1 is 0.889 bits per heavy atom. The molecule has 2 aromatic rings. The average Bonchev–Trinajstić information content (AvgIpc) is 3.10. The molecule has 0 amide bonds. The van der Waals surface area contributed by atoms with Crippen LogP contribution in [-0.2, 0) is 11.2 Å². The van der Waals surface area contributed by atoms with Crippen molar-refractivity contribution in [3.63, 3.8) is 0 Å². The van der Waals surface area contributed by atoms with E-state index in [1.165, 1.54) is 88.7 Å². The average molecular weight is 569 g/mol. The lowest BCUT2D eigenvalue weighted by Crippen LogP contribution is -2.28. The maximum absolute atomic E-state index is 15.1. The van der Waals surface area contributed by atoms with Crippen molar-refractivity contribution < 1.29 is 18.7 Å². The van der Waals surface area contributed by atoms with Crippen molar-refractivity contribution in [3.8, 4) is 5.75 Å². The lowest BCUT2D eigenvalue weighted by Gasteiger charge is -2.21. The van der Waals surface area contributed by atoms with Crippen molar-refractivity contribution in [3.05, 3.63) is 28.1 Å². The van der Waals surface area contributed by atoms with Crippen molar-refractivity contribution >= 4 is 32.9 Å². The van der Waals surface area contributed by atoms with Gasteiger partial charge in [0, 0.05) is 5.69 Å². The van der Waals surface area contributed by atoms with E-state index >= 15 is 4.39 Å². The van der Waals surface area contributed by atoms with Crippen LogP contribution in [0.25, 0.3) is 10.9 Å². The van der Waals surface area contributed by atoms with Crippen LogP contribution in [0.1, 0.15) is 123 Å². The second-order valence-electron chi connectivity index (χ2n) is 10.9. The molecular weight excluding hydrogens is 521 g/mol. The first-order chi connectivity index (χ1) is 17.2. The van der Waals surface area contributed by atoms with Gasteiger partial charge in [0.1, 0.15) is 5.60 Å². The molecular formula is C30H47BrFNO3. The summed E-state index contributed by atoms with van der Waals surface area (Å²) in [6.45, 7) is 7.77. The zero-order valence-electron chi connectivity index (χ0n) is 23.2. The number of hydrogen-bond acceptors (Lipinski definition) is 3. The third kappa shape index (κ3) is 9.39. The summed E-state index contributed by atoms with van der Waals surface area (Å²) in [5, 5.41) is 0.362. The van der Waals surface area contributed by atoms with Crippen molar-refractivity contribution in [2.24, 2.45) is 0 Å². The van der Waals surface area contributed by atoms with E-state index in [0.717, 1.165) is 18.5 Å². The lowest BCUT2D eigenvalue weighted by atomic mass is 10.0. The number of halogens is 2. The molecule has 2 rings (SSSR count). The molecule has 1 aromatic carbocycles. The molecule has 0 aliphatic heterocycles. The number of hydrogen-bond donors (Lipinski definition) is 0. The Morgan fingerprint density at radius 3 is 1.86 bits per heavy atom. The van der Waals surface area contributed by atoms with Gasteiger partial charge in [-0.25, -0.2) is 13.8 Å². The molecule has 204 valence electrons. The molecule has 0 bridgehead atoms. The molecule has 1 heterocycles. The van der Waals surface area contributed by atoms with Crippen LogP contribution in [0, 0.1) is 5.82 Å². The van der Waals surface area contributed by atoms with Gasteiger partial charge in [0.15, 0.2) is 11.6 Å². The number of nitrogens with zero attached hydrogens (tertiary/aromatic N) is 1. The number of unbranched alkanes of at least 4 members (excludes halogenated alkanes) is 13. The molecule has 4 nitrogen and oxygen atoms in total. The molecule has 0 N–H and O–H groups in total. The Balaban J connectivity index is 1.87. The van der Waals surface area contributed by atoms with Gasteiger partial charge < -0.3 is 9.47 Å². The maximum atomic E-state index is 15.1. The highest BCUT2D eigenvalue weighted by Gasteiger charge is 2.27. The fourth-order valence-electron chi connectivity index (χ4n) is 4.71. The molecule has 0 saturated heterocycles. The van der Waals surface area contributed by atoms with Crippen molar-refractivity contribution in [2.45, 2.75) is 130 Å². The topological polar surface area (TPSA) is 40.5 Å². The van der Waals surface area contributed by atoms with Crippen LogP contribution in [0.5, 0.6) is 5.75 Å². The second-order valence-corrected chi connectivity index (χ2v) is 11.7. The van der Waals surface area contributed by atoms with Crippen LogP contribution in [0.3, 0.4) is 0 Å². The molecule has 0 aliphatic rings. The first-order valence-corrected chi connectivity index (χ1v) is 14.8. The van der Waals surface area contributed by atoms with Gasteiger partial charge in [-0.3, -0.25) is 0 Å². The summed E-state index contributed by atoms with van der Waals surface area (Å²) in [5.74, 6) is -0.307. The van der Waals surface area contributed by atoms with E-state index in [9.17, 15) is 4.79 Å². The third-order valence-corrected chi connectivity index (χ3v) is 7.49. The first kappa shape index (κ1) is 30.7. The molecule has 0 radical (unpaired) electrons. The standard InChI is InChI=1S/C30H47BrFNO3/c1-6-7-8-9-10-11-12-13-14-15-16-17-18-19-20-24-27(31)26-23(21-22-25(35-5)28(26)32)33(24)29(34)36-30(2,3)4/h21-22H,6-20H2,1-5H3. The highest BCUT2D eigenvalue weighted by molar-refractivity contribution is 9.10. The number of carbonyl (C=O) groups is 1. The highest BCUT2D eigenvalue weighted by Crippen LogP contribution is 2.38. The summed E-state index contributed by atoms with van der Waals surface area (Å²) in [4.78, 5) is 13.1. The fraction of sp³-hybridized carbons (Fsp3) is 0.700. The van der Waals surface area contributed by atoms with E-state index < -0.39 is 17.5 Å². The number of fused-ring (bicyclic) bond motifs is 1. The number of rotatable bonds is 16. The van der Waals surface area contributed by atoms with E-state index in [4.69, 9.17) is 9.47 Å². The van der Waals surface area contributed by atoms with Gasteiger partial charge in [-0.1, -0.05) is 90.4 Å². The van der Waals surface area contributed by atoms with Gasteiger partial charge >= 0.3 is 6.09 Å². The number of aromatic nitrogens is 1. The summed E-state index contributed by atoms with van der Waals surface area (Å²) < 4.78 is 28.1. The van der Waals surface area contributed by atoms with Gasteiger partial charge in [0.05, 0.1) is 22.5 Å². The maximum Gasteiger partial charge on any atom is 0.419 e. The Labute approximate surface area is 226 Å². The smallest absolute Gasteiger partial charge is 0.419 e. The summed E-state index contributed by atoms with van der Waals surface area (Å²) in [7, 11) is 1.44. The Hall–Kier alpha value is -1.56. The van der Waals surface area contributed by atoms with Crippen LogP contribution >= 0.6 is 15.9 Å². The van der Waals surface area contributed by atoms with Crippen LogP contribution < -0.4 is 4.74 Å². The van der Waals surface area contributed by atoms with E-state index in [-0.39, 0.29) is 5.75 Å². The quantitative estimate of drug-likeness (QED) is 0.189. The van der Waals surface area contributed by atoms with E-state index in [1.54, 1.807) is 12.1 Å². The van der Waals surface area contributed by atoms with Crippen LogP contribution in [0.2, 0.25) is 0 Å². The molecule has 0 aliphatic carbocycles. The first-order valence-electron chi connectivity index (χ1n) is 14.0. The molecule has 0 saturated carbocycles. The number of methoxy groups -OCH3 is 1. The third-order valence-electron chi connectivity index (χ3n) is 6.63. The predicted molar refractivity (Wildman–Crippen MR) is 152 cm³/mol. The van der Waals surface area contributed by atoms with Gasteiger partial charge in [0.25, 0.3) is 0 Å². The summed E-state index contributed by atoms with van der Waals surface area (Å²) >= 11 is 3.58. The summed E-state index contributed by atoms with van der Waals surface area (Å²) in [6.07, 6.45) is 18.3. The fourth-order valence-corrected chi connectivity index (χ4v) is 5.46. The van der Waals surface area contributed by atoms with E-state index in [1.807, 2.05) is 20.8 Å². The Bertz CT molecular complexity index is 948. The SMILES string of the molecule is CCCCCCCCCCCCCCCCc1c(Br)c2c(F)c(OC)ccc2n1C(=O)OC(C)(C)C. The molecule has 1 aromatic heterocycles. The molecule has 0 spiro atoms. The van der Waals surface area contributed by atoms with E-state index in [0.29, 0.717) is 21.8 Å². The second kappa shape index (κ2) is 15.6. The van der Waals surface area contributed by atoms with E-state index in [2.05, 4.69) is 22.9 Å². The van der Waals surface area contributed by atoms with Crippen LogP contribution in [0.15, 0.2) is 16.6 Å². The normalized spacial score (nSPS) is 11.9. The van der Waals surface area contributed by atoms with Gasteiger partial charge in [0.2, 0.25) is 0 Å². The van der Waals surface area contributed by atoms with Crippen molar-refractivity contribution in [1.82, 2.24) is 4.57 Å². The molecule has 0 fully saturated rings. The number of ether oxygens (including phenoxy) is 2. The summed E-state index contributed by atoms with van der Waals surface area (Å²) in [5.41, 5.74) is 0.609. The molecule has 0 unspecified atom stereocenters. The van der Waals surface area contributed by atoms with Gasteiger partial charge in [-0.05, 0) is 61.7 Å². The van der Waals surface area contributed by atoms with Crippen LogP contribution in [-0.4, -0.2) is 23.4 Å². The van der Waals surface area contributed by atoms with Crippen LogP contribution in [0.4, 0.5) is 9.18 Å². The number of carbonyl (C=O) groups excluding carboxylic acids is 1. The zero-order chi connectivity index (χ0) is 26.6. The Kier molecular flexibility index (Phi) is 13.3. The molecule has 0 atom stereocenters. The van der Waals surface area contributed by atoms with Gasteiger partial charge in [-0.15, -0.1) is 0 Å². The largest absolute Gasteiger partial charge is 0.494 e. The minimum atomic E-state index is -0.641. The van der Waals surface area contributed by atoms with Crippen molar-refractivity contribution in [2.75, 3.05) is 7.11 Å². The van der Waals surface area contributed by atoms with Gasteiger partial charge in [-0.2, -0.15) is 0 Å². The lowest BCUT2D eigenvalue weighted by molar-refractivity contribution is 0.0540.